The first-order valence-electron chi connectivity index (χ1n) is 10.1. The minimum absolute atomic E-state index is 0.179. The Bertz CT molecular complexity index is 1210. The number of carbonyl (C=O) groups excluding carboxylic acids is 1. The lowest BCUT2D eigenvalue weighted by Crippen LogP contribution is -2.41. The zero-order valence-corrected chi connectivity index (χ0v) is 17.5. The molecule has 0 aliphatic carbocycles. The number of rotatable bonds is 6. The summed E-state index contributed by atoms with van der Waals surface area (Å²) in [7, 11) is 1.54. The molecule has 3 aromatic heterocycles. The van der Waals surface area contributed by atoms with Crippen LogP contribution in [0.25, 0.3) is 16.9 Å². The van der Waals surface area contributed by atoms with Crippen LogP contribution >= 0.6 is 0 Å². The summed E-state index contributed by atoms with van der Waals surface area (Å²) in [6.07, 6.45) is 1.84. The highest BCUT2D eigenvalue weighted by atomic mass is 16.5. The fourth-order valence-electron chi connectivity index (χ4n) is 3.87. The second-order valence-corrected chi connectivity index (χ2v) is 7.37. The van der Waals surface area contributed by atoms with Crippen LogP contribution in [0.1, 0.15) is 12.6 Å². The van der Waals surface area contributed by atoms with Crippen LogP contribution in [0.15, 0.2) is 15.8 Å². The zero-order valence-electron chi connectivity index (χ0n) is 17.5. The Kier molecular flexibility index (Phi) is 5.48. The quantitative estimate of drug-likeness (QED) is 0.490. The van der Waals surface area contributed by atoms with Crippen molar-refractivity contribution in [2.75, 3.05) is 39.5 Å². The van der Waals surface area contributed by atoms with E-state index in [2.05, 4.69) is 9.88 Å². The number of imidazole rings is 2. The van der Waals surface area contributed by atoms with Crippen LogP contribution in [0.3, 0.4) is 0 Å². The SMILES string of the molecule is CCOC(=O)Cn1c(=O)c2c(nc3n(CCN4CCOCC4)c(C)cn23)n(C)c1=O. The van der Waals surface area contributed by atoms with Crippen LogP contribution in [0, 0.1) is 6.92 Å². The number of fused-ring (bicyclic) bond motifs is 3. The number of carbonyl (C=O) groups is 1. The van der Waals surface area contributed by atoms with Gasteiger partial charge in [0.15, 0.2) is 11.2 Å². The maximum atomic E-state index is 13.1. The molecule has 30 heavy (non-hydrogen) atoms. The highest BCUT2D eigenvalue weighted by molar-refractivity contribution is 5.76. The molecule has 0 radical (unpaired) electrons. The third-order valence-corrected chi connectivity index (χ3v) is 5.48. The van der Waals surface area contributed by atoms with Crippen LogP contribution in [0.5, 0.6) is 0 Å². The molecule has 0 spiro atoms. The van der Waals surface area contributed by atoms with Gasteiger partial charge in [-0.1, -0.05) is 0 Å². The molecular formula is C19H26N6O5. The lowest BCUT2D eigenvalue weighted by molar-refractivity contribution is -0.143. The van der Waals surface area contributed by atoms with Gasteiger partial charge >= 0.3 is 11.7 Å². The predicted octanol–water partition coefficient (Wildman–Crippen LogP) is -0.647. The summed E-state index contributed by atoms with van der Waals surface area (Å²) >= 11 is 0. The van der Waals surface area contributed by atoms with Crippen molar-refractivity contribution < 1.29 is 14.3 Å². The number of morpholine rings is 1. The Balaban J connectivity index is 1.78. The zero-order chi connectivity index (χ0) is 21.4. The van der Waals surface area contributed by atoms with Crippen molar-refractivity contribution in [2.45, 2.75) is 26.9 Å². The van der Waals surface area contributed by atoms with Gasteiger partial charge in [0.2, 0.25) is 5.78 Å². The number of nitrogens with zero attached hydrogens (tertiary/aromatic N) is 6. The normalized spacial score (nSPS) is 15.3. The third-order valence-electron chi connectivity index (χ3n) is 5.48. The first kappa shape index (κ1) is 20.4. The van der Waals surface area contributed by atoms with Gasteiger partial charge in [-0.15, -0.1) is 0 Å². The lowest BCUT2D eigenvalue weighted by atomic mass is 10.4. The van der Waals surface area contributed by atoms with Crippen molar-refractivity contribution in [3.8, 4) is 0 Å². The molecule has 0 N–H and O–H groups in total. The summed E-state index contributed by atoms with van der Waals surface area (Å²) in [5.41, 5.74) is 0.361. The molecule has 1 saturated heterocycles. The van der Waals surface area contributed by atoms with E-state index in [1.165, 1.54) is 4.57 Å². The molecule has 0 amide bonds. The molecule has 0 saturated carbocycles. The van der Waals surface area contributed by atoms with Gasteiger partial charge in [-0.05, 0) is 13.8 Å². The van der Waals surface area contributed by atoms with Crippen LogP contribution < -0.4 is 11.2 Å². The van der Waals surface area contributed by atoms with Gasteiger partial charge in [-0.2, -0.15) is 4.98 Å². The van der Waals surface area contributed by atoms with Crippen molar-refractivity contribution >= 4 is 22.9 Å². The second-order valence-electron chi connectivity index (χ2n) is 7.37. The van der Waals surface area contributed by atoms with Crippen molar-refractivity contribution in [1.29, 1.82) is 0 Å². The maximum Gasteiger partial charge on any atom is 0.333 e. The Morgan fingerprint density at radius 3 is 2.63 bits per heavy atom. The Morgan fingerprint density at radius 1 is 1.20 bits per heavy atom. The summed E-state index contributed by atoms with van der Waals surface area (Å²) in [5, 5.41) is 0. The van der Waals surface area contributed by atoms with Gasteiger partial charge < -0.3 is 14.0 Å². The van der Waals surface area contributed by atoms with Gasteiger partial charge in [-0.3, -0.25) is 23.5 Å². The van der Waals surface area contributed by atoms with Crippen LogP contribution in [0.4, 0.5) is 0 Å². The third kappa shape index (κ3) is 3.43. The summed E-state index contributed by atoms with van der Waals surface area (Å²) in [4.78, 5) is 44.6. The summed E-state index contributed by atoms with van der Waals surface area (Å²) in [6.45, 7) is 8.16. The van der Waals surface area contributed by atoms with Crippen molar-refractivity contribution in [1.82, 2.24) is 28.0 Å². The second kappa shape index (κ2) is 8.07. The number of esters is 1. The van der Waals surface area contributed by atoms with Gasteiger partial charge in [0.1, 0.15) is 6.54 Å². The molecule has 11 heteroatoms. The number of aromatic nitrogens is 5. The standard InChI is InChI=1S/C19H26N6O5/c1-4-30-14(26)12-25-17(27)15-16(21(3)19(25)28)20-18-23(13(2)11-24(15)18)6-5-22-7-9-29-10-8-22/h11H,4-10,12H2,1-3H3. The molecule has 0 unspecified atom stereocenters. The number of hydrogen-bond donors (Lipinski definition) is 0. The molecule has 1 aliphatic heterocycles. The molecule has 0 aromatic carbocycles. The number of ether oxygens (including phenoxy) is 2. The van der Waals surface area contributed by atoms with E-state index in [9.17, 15) is 14.4 Å². The average Bonchev–Trinajstić information content (AvgIpc) is 3.24. The Hall–Kier alpha value is -2.92. The molecule has 1 fully saturated rings. The van der Waals surface area contributed by atoms with Crippen molar-refractivity contribution in [3.05, 3.63) is 32.7 Å². The van der Waals surface area contributed by atoms with Crippen molar-refractivity contribution in [3.63, 3.8) is 0 Å². The van der Waals surface area contributed by atoms with Gasteiger partial charge in [0.05, 0.1) is 19.8 Å². The topological polar surface area (TPSA) is 105 Å². The van der Waals surface area contributed by atoms with E-state index in [1.807, 2.05) is 17.7 Å². The van der Waals surface area contributed by atoms with E-state index in [4.69, 9.17) is 9.47 Å². The summed E-state index contributed by atoms with van der Waals surface area (Å²) in [5.74, 6) is -0.0344. The number of aryl methyl sites for hydroxylation is 2. The van der Waals surface area contributed by atoms with Crippen LogP contribution in [-0.4, -0.2) is 73.4 Å². The molecule has 4 heterocycles. The van der Waals surface area contributed by atoms with E-state index >= 15 is 0 Å². The Labute approximate surface area is 172 Å². The minimum atomic E-state index is -0.629. The summed E-state index contributed by atoms with van der Waals surface area (Å²) < 4.78 is 16.2. The smallest absolute Gasteiger partial charge is 0.333 e. The summed E-state index contributed by atoms with van der Waals surface area (Å²) in [6, 6.07) is 0. The largest absolute Gasteiger partial charge is 0.465 e. The first-order chi connectivity index (χ1) is 14.4. The molecule has 0 bridgehead atoms. The average molecular weight is 418 g/mol. The highest BCUT2D eigenvalue weighted by Crippen LogP contribution is 2.16. The molecule has 0 atom stereocenters. The lowest BCUT2D eigenvalue weighted by Gasteiger charge is -2.26. The van der Waals surface area contributed by atoms with E-state index in [-0.39, 0.29) is 12.1 Å². The molecule has 11 nitrogen and oxygen atoms in total. The van der Waals surface area contributed by atoms with E-state index in [0.29, 0.717) is 18.0 Å². The van der Waals surface area contributed by atoms with Crippen LogP contribution in [0.2, 0.25) is 0 Å². The fraction of sp³-hybridized carbons (Fsp3) is 0.579. The minimum Gasteiger partial charge on any atom is -0.465 e. The van der Waals surface area contributed by atoms with Crippen molar-refractivity contribution in [2.24, 2.45) is 7.05 Å². The van der Waals surface area contributed by atoms with E-state index in [0.717, 1.165) is 43.1 Å². The van der Waals surface area contributed by atoms with Crippen LogP contribution in [-0.2, 0) is 34.4 Å². The highest BCUT2D eigenvalue weighted by Gasteiger charge is 2.22. The number of hydrogen-bond acceptors (Lipinski definition) is 7. The van der Waals surface area contributed by atoms with Gasteiger partial charge in [0.25, 0.3) is 5.56 Å². The van der Waals surface area contributed by atoms with E-state index < -0.39 is 23.8 Å². The molecule has 4 rings (SSSR count). The van der Waals surface area contributed by atoms with E-state index in [1.54, 1.807) is 18.4 Å². The molecule has 162 valence electrons. The van der Waals surface area contributed by atoms with Gasteiger partial charge in [-0.25, -0.2) is 9.36 Å². The monoisotopic (exact) mass is 418 g/mol. The van der Waals surface area contributed by atoms with Gasteiger partial charge in [0, 0.05) is 45.1 Å². The fourth-order valence-corrected chi connectivity index (χ4v) is 3.87. The Morgan fingerprint density at radius 2 is 1.93 bits per heavy atom. The first-order valence-corrected chi connectivity index (χ1v) is 10.1. The maximum absolute atomic E-state index is 13.1. The molecular weight excluding hydrogens is 392 g/mol. The molecule has 1 aliphatic rings. The predicted molar refractivity (Wildman–Crippen MR) is 109 cm³/mol. The molecule has 3 aromatic rings.